The van der Waals surface area contributed by atoms with Crippen molar-refractivity contribution in [2.75, 3.05) is 14.2 Å². The molecular formula is C11H15N5O4. The van der Waals surface area contributed by atoms with Gasteiger partial charge in [0.25, 0.3) is 5.70 Å². The average molecular weight is 281 g/mol. The molecule has 1 atom stereocenters. The van der Waals surface area contributed by atoms with Crippen LogP contribution in [0.15, 0.2) is 41.8 Å². The zero-order valence-corrected chi connectivity index (χ0v) is 11.1. The van der Waals surface area contributed by atoms with Crippen LogP contribution in [-0.4, -0.2) is 41.0 Å². The number of nitrogens with zero attached hydrogens (tertiary/aromatic N) is 4. The van der Waals surface area contributed by atoms with E-state index in [9.17, 15) is 10.1 Å². The maximum Gasteiger partial charge on any atom is 0.267 e. The lowest BCUT2D eigenvalue weighted by Gasteiger charge is -2.29. The number of aliphatic imine (C=N–C) groups is 1. The van der Waals surface area contributed by atoms with E-state index in [1.807, 2.05) is 7.05 Å². The molecule has 0 saturated carbocycles. The van der Waals surface area contributed by atoms with Crippen molar-refractivity contribution in [1.29, 1.82) is 0 Å². The van der Waals surface area contributed by atoms with Crippen molar-refractivity contribution in [2.24, 2.45) is 4.99 Å². The predicted molar refractivity (Wildman–Crippen MR) is 70.0 cm³/mol. The molecule has 108 valence electrons. The minimum atomic E-state index is -0.443. The van der Waals surface area contributed by atoms with E-state index in [0.717, 1.165) is 0 Å². The lowest BCUT2D eigenvalue weighted by molar-refractivity contribution is -0.429. The molecule has 0 saturated heterocycles. The van der Waals surface area contributed by atoms with Gasteiger partial charge in [-0.2, -0.15) is 0 Å². The molecule has 0 radical (unpaired) electrons. The second kappa shape index (κ2) is 6.06. The van der Waals surface area contributed by atoms with Crippen LogP contribution in [0.2, 0.25) is 0 Å². The first-order valence-electron chi connectivity index (χ1n) is 5.83. The highest BCUT2D eigenvalue weighted by molar-refractivity contribution is 5.84. The van der Waals surface area contributed by atoms with E-state index in [-0.39, 0.29) is 12.1 Å². The van der Waals surface area contributed by atoms with Crippen LogP contribution in [0.1, 0.15) is 6.42 Å². The number of methoxy groups -OCH3 is 1. The van der Waals surface area contributed by atoms with Crippen LogP contribution in [0, 0.1) is 10.1 Å². The largest absolute Gasteiger partial charge is 0.501 e. The molecule has 1 unspecified atom stereocenters. The second-order valence-electron chi connectivity index (χ2n) is 4.11. The summed E-state index contributed by atoms with van der Waals surface area (Å²) in [5, 5.41) is 14.3. The highest BCUT2D eigenvalue weighted by atomic mass is 16.6. The van der Waals surface area contributed by atoms with Gasteiger partial charge in [0.05, 0.1) is 18.5 Å². The normalized spacial score (nSPS) is 22.0. The maximum absolute atomic E-state index is 10.9. The fourth-order valence-electron chi connectivity index (χ4n) is 1.76. The molecule has 1 N–H and O–H groups in total. The van der Waals surface area contributed by atoms with Gasteiger partial charge in [-0.05, 0) is 0 Å². The summed E-state index contributed by atoms with van der Waals surface area (Å²) in [6.45, 7) is 0. The number of rotatable bonds is 4. The van der Waals surface area contributed by atoms with Crippen LogP contribution in [0.25, 0.3) is 0 Å². The monoisotopic (exact) mass is 281 g/mol. The molecule has 9 heteroatoms. The zero-order chi connectivity index (χ0) is 14.5. The molecule has 0 aromatic rings. The molecule has 0 bridgehead atoms. The molecule has 0 aliphatic carbocycles. The minimum absolute atomic E-state index is 0.0304. The number of hydrogen-bond acceptors (Lipinski definition) is 8. The van der Waals surface area contributed by atoms with Gasteiger partial charge in [-0.1, -0.05) is 0 Å². The van der Waals surface area contributed by atoms with Gasteiger partial charge in [0.2, 0.25) is 5.90 Å². The fourth-order valence-corrected chi connectivity index (χ4v) is 1.76. The summed E-state index contributed by atoms with van der Waals surface area (Å²) in [6.07, 6.45) is 7.61. The third-order valence-corrected chi connectivity index (χ3v) is 2.70. The summed E-state index contributed by atoms with van der Waals surface area (Å²) in [5.74, 6) is 0.344. The Balaban J connectivity index is 2.16. The molecule has 2 aliphatic heterocycles. The lowest BCUT2D eigenvalue weighted by Crippen LogP contribution is -2.48. The van der Waals surface area contributed by atoms with Gasteiger partial charge >= 0.3 is 0 Å². The van der Waals surface area contributed by atoms with E-state index >= 15 is 0 Å². The number of hydrazine groups is 2. The van der Waals surface area contributed by atoms with Crippen molar-refractivity contribution in [1.82, 2.24) is 15.6 Å². The Bertz CT molecular complexity index is 499. The van der Waals surface area contributed by atoms with E-state index < -0.39 is 11.0 Å². The smallest absolute Gasteiger partial charge is 0.267 e. The lowest BCUT2D eigenvalue weighted by atomic mass is 10.1. The van der Waals surface area contributed by atoms with E-state index in [2.05, 4.69) is 10.5 Å². The first-order valence-corrected chi connectivity index (χ1v) is 5.83. The van der Waals surface area contributed by atoms with Crippen LogP contribution < -0.4 is 5.53 Å². The Morgan fingerprint density at radius 3 is 2.95 bits per heavy atom. The number of ether oxygens (including phenoxy) is 2. The Kier molecular flexibility index (Phi) is 4.20. The standard InChI is InChI=1S/C11H15N5O4/c1-14-3-4-15(13-14)10-7-9(16(17)18)8-12-11(10)20-6-5-19-2/h3-6,8,10,13H,7H2,1-2H3/b6-5+. The summed E-state index contributed by atoms with van der Waals surface area (Å²) in [5.41, 5.74) is 3.02. The quantitative estimate of drug-likeness (QED) is 0.457. The van der Waals surface area contributed by atoms with Crippen molar-refractivity contribution in [3.8, 4) is 0 Å². The van der Waals surface area contributed by atoms with Gasteiger partial charge < -0.3 is 9.47 Å². The molecule has 0 fully saturated rings. The van der Waals surface area contributed by atoms with Gasteiger partial charge in [0, 0.05) is 19.4 Å². The average Bonchev–Trinajstić information content (AvgIpc) is 2.85. The van der Waals surface area contributed by atoms with E-state index in [1.54, 1.807) is 22.4 Å². The van der Waals surface area contributed by atoms with Gasteiger partial charge in [0.15, 0.2) is 0 Å². The summed E-state index contributed by atoms with van der Waals surface area (Å²) in [7, 11) is 3.30. The third-order valence-electron chi connectivity index (χ3n) is 2.70. The molecule has 2 rings (SSSR count). The first-order chi connectivity index (χ1) is 9.61. The summed E-state index contributed by atoms with van der Waals surface area (Å²) >= 11 is 0. The van der Waals surface area contributed by atoms with Crippen molar-refractivity contribution < 1.29 is 14.4 Å². The molecule has 2 heterocycles. The van der Waals surface area contributed by atoms with Crippen LogP contribution in [-0.2, 0) is 9.47 Å². The summed E-state index contributed by atoms with van der Waals surface area (Å²) in [4.78, 5) is 14.4. The van der Waals surface area contributed by atoms with Gasteiger partial charge in [-0.15, -0.1) is 5.53 Å². The Labute approximate surface area is 115 Å². The van der Waals surface area contributed by atoms with Crippen LogP contribution in [0.5, 0.6) is 0 Å². The van der Waals surface area contributed by atoms with Crippen LogP contribution >= 0.6 is 0 Å². The molecule has 2 aliphatic rings. The van der Waals surface area contributed by atoms with E-state index in [0.29, 0.717) is 5.90 Å². The molecule has 0 aromatic heterocycles. The summed E-state index contributed by atoms with van der Waals surface area (Å²) in [6, 6.07) is -0.414. The van der Waals surface area contributed by atoms with Crippen molar-refractivity contribution in [3.63, 3.8) is 0 Å². The Hall–Kier alpha value is -2.55. The van der Waals surface area contributed by atoms with Crippen molar-refractivity contribution in [2.45, 2.75) is 12.5 Å². The number of nitro groups is 1. The Morgan fingerprint density at radius 1 is 1.55 bits per heavy atom. The van der Waals surface area contributed by atoms with Crippen molar-refractivity contribution in [3.05, 3.63) is 46.9 Å². The van der Waals surface area contributed by atoms with Gasteiger partial charge in [0.1, 0.15) is 24.8 Å². The topological polar surface area (TPSA) is 92.5 Å². The predicted octanol–water partition coefficient (Wildman–Crippen LogP) is 0.548. The highest BCUT2D eigenvalue weighted by Gasteiger charge is 2.33. The molecule has 20 heavy (non-hydrogen) atoms. The summed E-state index contributed by atoms with van der Waals surface area (Å²) < 4.78 is 10.1. The maximum atomic E-state index is 10.9. The fraction of sp³-hybridized carbons (Fsp3) is 0.364. The molecule has 0 aromatic carbocycles. The molecule has 9 nitrogen and oxygen atoms in total. The van der Waals surface area contributed by atoms with Crippen molar-refractivity contribution >= 4 is 5.90 Å². The highest BCUT2D eigenvalue weighted by Crippen LogP contribution is 2.20. The van der Waals surface area contributed by atoms with E-state index in [4.69, 9.17) is 9.47 Å². The third kappa shape index (κ3) is 3.06. The molecule has 0 spiro atoms. The Morgan fingerprint density at radius 2 is 2.35 bits per heavy atom. The molecule has 0 amide bonds. The molecular weight excluding hydrogens is 266 g/mol. The van der Waals surface area contributed by atoms with Gasteiger partial charge in [-0.25, -0.2) is 4.99 Å². The second-order valence-corrected chi connectivity index (χ2v) is 4.11. The van der Waals surface area contributed by atoms with E-state index in [1.165, 1.54) is 25.8 Å². The van der Waals surface area contributed by atoms with Crippen LogP contribution in [0.3, 0.4) is 0 Å². The minimum Gasteiger partial charge on any atom is -0.501 e. The SMILES string of the molecule is CO/C=C/OC1=NC=C([N+](=O)[O-])CC1N1C=CN(C)N1. The number of hydrogen-bond donors (Lipinski definition) is 1. The zero-order valence-electron chi connectivity index (χ0n) is 11.1. The van der Waals surface area contributed by atoms with Crippen LogP contribution in [0.4, 0.5) is 0 Å². The first kappa shape index (κ1) is 13.9. The number of nitrogens with one attached hydrogen (secondary N) is 1. The van der Waals surface area contributed by atoms with Gasteiger partial charge in [-0.3, -0.25) is 20.1 Å².